The van der Waals surface area contributed by atoms with E-state index in [1.807, 2.05) is 0 Å². The minimum absolute atomic E-state index is 1.24. The molecule has 0 radical (unpaired) electrons. The summed E-state index contributed by atoms with van der Waals surface area (Å²) in [5.41, 5.74) is 5.07. The van der Waals surface area contributed by atoms with E-state index in [4.69, 9.17) is 0 Å². The number of benzene rings is 2. The van der Waals surface area contributed by atoms with Crippen molar-refractivity contribution in [3.8, 4) is 0 Å². The maximum absolute atomic E-state index is 2.14. The SMILES string of the molecule is Cc1ccc(/C=C/S/C=C/c2ccc(C)cc2)cc1. The maximum atomic E-state index is 2.14. The molecule has 0 unspecified atom stereocenters. The monoisotopic (exact) mass is 266 g/mol. The normalized spacial score (nSPS) is 11.5. The highest BCUT2D eigenvalue weighted by Gasteiger charge is 1.87. The molecular formula is C18H18S. The van der Waals surface area contributed by atoms with Gasteiger partial charge in [-0.05, 0) is 47.9 Å². The van der Waals surface area contributed by atoms with Crippen LogP contribution >= 0.6 is 11.8 Å². The molecule has 0 atom stereocenters. The van der Waals surface area contributed by atoms with E-state index in [0.29, 0.717) is 0 Å². The van der Waals surface area contributed by atoms with Gasteiger partial charge in [0, 0.05) is 0 Å². The van der Waals surface area contributed by atoms with Gasteiger partial charge < -0.3 is 0 Å². The molecule has 96 valence electrons. The zero-order valence-corrected chi connectivity index (χ0v) is 12.2. The molecule has 2 aromatic rings. The summed E-state index contributed by atoms with van der Waals surface area (Å²) in [7, 11) is 0. The third kappa shape index (κ3) is 4.80. The van der Waals surface area contributed by atoms with Crippen LogP contribution in [0, 0.1) is 13.8 Å². The van der Waals surface area contributed by atoms with Crippen molar-refractivity contribution >= 4 is 23.9 Å². The second kappa shape index (κ2) is 7.01. The van der Waals surface area contributed by atoms with Gasteiger partial charge in [-0.1, -0.05) is 59.7 Å². The fraction of sp³-hybridized carbons (Fsp3) is 0.111. The van der Waals surface area contributed by atoms with Crippen molar-refractivity contribution in [1.29, 1.82) is 0 Å². The van der Waals surface area contributed by atoms with Gasteiger partial charge in [0.25, 0.3) is 0 Å². The lowest BCUT2D eigenvalue weighted by Crippen LogP contribution is -1.72. The molecular weight excluding hydrogens is 248 g/mol. The van der Waals surface area contributed by atoms with Crippen LogP contribution in [0.5, 0.6) is 0 Å². The third-order valence-corrected chi connectivity index (χ3v) is 3.42. The Bertz CT molecular complexity index is 506. The van der Waals surface area contributed by atoms with Gasteiger partial charge in [0.05, 0.1) is 0 Å². The summed E-state index contributed by atoms with van der Waals surface area (Å²) in [6, 6.07) is 17.1. The van der Waals surface area contributed by atoms with Crippen LogP contribution in [0.4, 0.5) is 0 Å². The van der Waals surface area contributed by atoms with Crippen molar-refractivity contribution in [2.24, 2.45) is 0 Å². The molecule has 1 heteroatoms. The molecule has 0 nitrogen and oxygen atoms in total. The van der Waals surface area contributed by atoms with Crippen LogP contribution in [-0.2, 0) is 0 Å². The highest BCUT2D eigenvalue weighted by Crippen LogP contribution is 2.13. The van der Waals surface area contributed by atoms with Gasteiger partial charge in [-0.3, -0.25) is 0 Å². The molecule has 0 spiro atoms. The largest absolute Gasteiger partial charge is 0.106 e. The van der Waals surface area contributed by atoms with Gasteiger partial charge in [-0.2, -0.15) is 0 Å². The van der Waals surface area contributed by atoms with Crippen LogP contribution in [0.15, 0.2) is 59.3 Å². The van der Waals surface area contributed by atoms with E-state index in [2.05, 4.69) is 85.3 Å². The Morgan fingerprint density at radius 3 is 1.37 bits per heavy atom. The molecule has 0 heterocycles. The molecule has 0 aliphatic carbocycles. The summed E-state index contributed by atoms with van der Waals surface area (Å²) in [6.07, 6.45) is 4.26. The zero-order chi connectivity index (χ0) is 13.5. The molecule has 0 fully saturated rings. The molecule has 0 saturated carbocycles. The first-order valence-corrected chi connectivity index (χ1v) is 7.30. The van der Waals surface area contributed by atoms with Crippen LogP contribution in [-0.4, -0.2) is 0 Å². The first kappa shape index (κ1) is 13.7. The summed E-state index contributed by atoms with van der Waals surface area (Å²) in [5, 5.41) is 4.21. The fourth-order valence-electron chi connectivity index (χ4n) is 1.64. The van der Waals surface area contributed by atoms with E-state index in [9.17, 15) is 0 Å². The molecule has 0 amide bonds. The number of rotatable bonds is 4. The highest BCUT2D eigenvalue weighted by molar-refractivity contribution is 8.05. The van der Waals surface area contributed by atoms with E-state index < -0.39 is 0 Å². The van der Waals surface area contributed by atoms with E-state index in [1.54, 1.807) is 11.8 Å². The Balaban J connectivity index is 1.86. The fourth-order valence-corrected chi connectivity index (χ4v) is 2.20. The average Bonchev–Trinajstić information content (AvgIpc) is 2.43. The molecule has 2 aromatic carbocycles. The minimum Gasteiger partial charge on any atom is -0.106 e. The Hall–Kier alpha value is -1.73. The van der Waals surface area contributed by atoms with Gasteiger partial charge >= 0.3 is 0 Å². The minimum atomic E-state index is 1.24. The zero-order valence-electron chi connectivity index (χ0n) is 11.3. The van der Waals surface area contributed by atoms with Crippen LogP contribution in [0.25, 0.3) is 12.2 Å². The lowest BCUT2D eigenvalue weighted by molar-refractivity contribution is 1.46. The Kier molecular flexibility index (Phi) is 5.05. The predicted molar refractivity (Wildman–Crippen MR) is 88.0 cm³/mol. The predicted octanol–water partition coefficient (Wildman–Crippen LogP) is 5.68. The first-order valence-electron chi connectivity index (χ1n) is 6.36. The van der Waals surface area contributed by atoms with Crippen LogP contribution in [0.3, 0.4) is 0 Å². The number of aryl methyl sites for hydroxylation is 2. The van der Waals surface area contributed by atoms with Crippen molar-refractivity contribution in [3.05, 3.63) is 81.6 Å². The van der Waals surface area contributed by atoms with Gasteiger partial charge in [-0.15, -0.1) is 11.8 Å². The molecule has 0 bridgehead atoms. The number of hydrogen-bond acceptors (Lipinski definition) is 1. The standard InChI is InChI=1S/C18H18S/c1-15-3-7-17(8-4-15)11-13-19-14-12-18-9-5-16(2)6-10-18/h3-14H,1-2H3/b13-11+,14-12+. The van der Waals surface area contributed by atoms with Crippen molar-refractivity contribution < 1.29 is 0 Å². The molecule has 0 N–H and O–H groups in total. The van der Waals surface area contributed by atoms with Gasteiger partial charge in [-0.25, -0.2) is 0 Å². The quantitative estimate of drug-likeness (QED) is 0.686. The first-order chi connectivity index (χ1) is 9.24. The Morgan fingerprint density at radius 2 is 1.00 bits per heavy atom. The lowest BCUT2D eigenvalue weighted by atomic mass is 10.1. The molecule has 0 saturated heterocycles. The van der Waals surface area contributed by atoms with Gasteiger partial charge in [0.15, 0.2) is 0 Å². The van der Waals surface area contributed by atoms with Crippen LogP contribution in [0.2, 0.25) is 0 Å². The van der Waals surface area contributed by atoms with E-state index in [0.717, 1.165) is 0 Å². The summed E-state index contributed by atoms with van der Waals surface area (Å²) in [4.78, 5) is 0. The molecule has 0 aliphatic rings. The molecule has 0 aromatic heterocycles. The number of hydrogen-bond donors (Lipinski definition) is 0. The second-order valence-electron chi connectivity index (χ2n) is 4.56. The summed E-state index contributed by atoms with van der Waals surface area (Å²) >= 11 is 1.69. The van der Waals surface area contributed by atoms with Gasteiger partial charge in [0.1, 0.15) is 0 Å². The van der Waals surface area contributed by atoms with Crippen molar-refractivity contribution in [1.82, 2.24) is 0 Å². The summed E-state index contributed by atoms with van der Waals surface area (Å²) in [5.74, 6) is 0. The van der Waals surface area contributed by atoms with Crippen LogP contribution in [0.1, 0.15) is 22.3 Å². The van der Waals surface area contributed by atoms with Crippen molar-refractivity contribution in [3.63, 3.8) is 0 Å². The highest BCUT2D eigenvalue weighted by atomic mass is 32.2. The third-order valence-electron chi connectivity index (χ3n) is 2.83. The van der Waals surface area contributed by atoms with Crippen LogP contribution < -0.4 is 0 Å². The molecule has 2 rings (SSSR count). The maximum Gasteiger partial charge on any atom is -0.0242 e. The molecule has 19 heavy (non-hydrogen) atoms. The van der Waals surface area contributed by atoms with Crippen molar-refractivity contribution in [2.45, 2.75) is 13.8 Å². The van der Waals surface area contributed by atoms with Crippen molar-refractivity contribution in [2.75, 3.05) is 0 Å². The Labute approximate surface area is 119 Å². The number of thioether (sulfide) groups is 1. The summed E-state index contributed by atoms with van der Waals surface area (Å²) < 4.78 is 0. The van der Waals surface area contributed by atoms with E-state index in [-0.39, 0.29) is 0 Å². The lowest BCUT2D eigenvalue weighted by Gasteiger charge is -1.94. The van der Waals surface area contributed by atoms with Gasteiger partial charge in [0.2, 0.25) is 0 Å². The van der Waals surface area contributed by atoms with E-state index >= 15 is 0 Å². The van der Waals surface area contributed by atoms with E-state index in [1.165, 1.54) is 22.3 Å². The Morgan fingerprint density at radius 1 is 0.632 bits per heavy atom. The molecule has 0 aliphatic heterocycles. The summed E-state index contributed by atoms with van der Waals surface area (Å²) in [6.45, 7) is 4.21. The smallest absolute Gasteiger partial charge is 0.0242 e. The second-order valence-corrected chi connectivity index (χ2v) is 5.38. The topological polar surface area (TPSA) is 0 Å². The average molecular weight is 266 g/mol.